The van der Waals surface area contributed by atoms with Crippen LogP contribution < -0.4 is 4.90 Å². The molecule has 49 heavy (non-hydrogen) atoms. The Bertz CT molecular complexity index is 2200. The molecule has 2 nitrogen and oxygen atoms in total. The highest BCUT2D eigenvalue weighted by Crippen LogP contribution is 2.52. The van der Waals surface area contributed by atoms with Crippen LogP contribution in [0.1, 0.15) is 69.7 Å². The quantitative estimate of drug-likeness (QED) is 0.120. The number of aryl methyl sites for hydroxylation is 1. The molecular formula is C47H51N2+. The molecule has 0 N–H and O–H groups in total. The van der Waals surface area contributed by atoms with Crippen molar-refractivity contribution >= 4 is 38.6 Å². The molecule has 0 amide bonds. The molecule has 2 heterocycles. The standard InChI is InChI=1S/C47H51N2/c1-32(2)21-22-34(23-29-42-46(4,5)44-38-19-13-11-16-35(38)25-27-40(44)48(42)7)24-30-43-47(6,31-37-18-10-9-15-33(37)3)45-39-20-14-12-17-36(39)26-28-41(45)49(43)8/h9-20,23-30,32H,21-22,31H2,1-8H3/q+1. The molecule has 7 rings (SSSR count). The number of anilines is 1. The van der Waals surface area contributed by atoms with Gasteiger partial charge in [-0.1, -0.05) is 105 Å². The third-order valence-electron chi connectivity index (χ3n) is 11.4. The predicted octanol–water partition coefficient (Wildman–Crippen LogP) is 11.8. The van der Waals surface area contributed by atoms with Crippen LogP contribution >= 0.6 is 0 Å². The molecule has 5 aromatic rings. The van der Waals surface area contributed by atoms with Crippen molar-refractivity contribution in [3.8, 4) is 0 Å². The Morgan fingerprint density at radius 3 is 2.12 bits per heavy atom. The number of fused-ring (bicyclic) bond motifs is 6. The molecule has 1 atom stereocenters. The second kappa shape index (κ2) is 12.6. The van der Waals surface area contributed by atoms with Gasteiger partial charge in [0.2, 0.25) is 5.69 Å². The summed E-state index contributed by atoms with van der Waals surface area (Å²) in [7, 11) is 4.49. The molecule has 0 aliphatic carbocycles. The first kappa shape index (κ1) is 32.8. The van der Waals surface area contributed by atoms with Gasteiger partial charge in [-0.05, 0) is 115 Å². The lowest BCUT2D eigenvalue weighted by Crippen LogP contribution is -2.29. The average molecular weight is 644 g/mol. The minimum atomic E-state index is -0.189. The number of hydrogen-bond donors (Lipinski definition) is 0. The number of hydrogen-bond acceptors (Lipinski definition) is 1. The van der Waals surface area contributed by atoms with Gasteiger partial charge >= 0.3 is 0 Å². The van der Waals surface area contributed by atoms with Crippen molar-refractivity contribution in [2.45, 2.75) is 71.6 Å². The molecular weight excluding hydrogens is 593 g/mol. The molecule has 2 aliphatic heterocycles. The number of nitrogens with zero attached hydrogens (tertiary/aromatic N) is 2. The summed E-state index contributed by atoms with van der Waals surface area (Å²) in [6, 6.07) is 35.8. The molecule has 0 saturated heterocycles. The van der Waals surface area contributed by atoms with Gasteiger partial charge in [-0.15, -0.1) is 0 Å². The number of rotatable bonds is 8. The van der Waals surface area contributed by atoms with Gasteiger partial charge in [0, 0.05) is 41.6 Å². The summed E-state index contributed by atoms with van der Waals surface area (Å²) in [5, 5.41) is 5.31. The maximum absolute atomic E-state index is 2.46. The Morgan fingerprint density at radius 1 is 0.796 bits per heavy atom. The average Bonchev–Trinajstić information content (AvgIpc) is 3.43. The fourth-order valence-corrected chi connectivity index (χ4v) is 8.65. The molecule has 0 spiro atoms. The first-order chi connectivity index (χ1) is 23.5. The summed E-state index contributed by atoms with van der Waals surface area (Å²) in [5.41, 5.74) is 12.0. The van der Waals surface area contributed by atoms with E-state index >= 15 is 0 Å². The molecule has 0 bridgehead atoms. The van der Waals surface area contributed by atoms with E-state index in [2.05, 4.69) is 186 Å². The summed E-state index contributed by atoms with van der Waals surface area (Å²) < 4.78 is 2.41. The van der Waals surface area contributed by atoms with E-state index in [9.17, 15) is 0 Å². The first-order valence-corrected chi connectivity index (χ1v) is 18.0. The van der Waals surface area contributed by atoms with Gasteiger partial charge in [0.25, 0.3) is 0 Å². The molecule has 0 aromatic heterocycles. The van der Waals surface area contributed by atoms with E-state index in [1.807, 2.05) is 0 Å². The van der Waals surface area contributed by atoms with Gasteiger partial charge in [-0.2, -0.15) is 4.58 Å². The lowest BCUT2D eigenvalue weighted by Gasteiger charge is -2.30. The monoisotopic (exact) mass is 643 g/mol. The first-order valence-electron chi connectivity index (χ1n) is 18.0. The Kier molecular flexibility index (Phi) is 8.47. The fourth-order valence-electron chi connectivity index (χ4n) is 8.65. The van der Waals surface area contributed by atoms with Crippen LogP contribution in [0, 0.1) is 12.8 Å². The smallest absolute Gasteiger partial charge is 0.210 e. The van der Waals surface area contributed by atoms with Crippen molar-refractivity contribution in [3.05, 3.63) is 155 Å². The van der Waals surface area contributed by atoms with Crippen molar-refractivity contribution in [2.24, 2.45) is 5.92 Å². The zero-order valence-corrected chi connectivity index (χ0v) is 30.6. The zero-order valence-electron chi connectivity index (χ0n) is 30.6. The largest absolute Gasteiger partial charge is 0.347 e. The van der Waals surface area contributed by atoms with Gasteiger partial charge in [0.1, 0.15) is 7.05 Å². The Morgan fingerprint density at radius 2 is 1.43 bits per heavy atom. The van der Waals surface area contributed by atoms with Crippen molar-refractivity contribution in [1.82, 2.24) is 0 Å². The van der Waals surface area contributed by atoms with Crippen LogP contribution in [0.3, 0.4) is 0 Å². The molecule has 0 fully saturated rings. The SMILES string of the molecule is Cc1ccccc1CC1(C)\C(=C/C=C(/C=C/C2=[N+](C)c3ccc4ccccc4c3C2(C)C)CCC(C)C)N(C)c2ccc3ccccc3c21. The third-order valence-corrected chi connectivity index (χ3v) is 11.4. The van der Waals surface area contributed by atoms with Crippen LogP contribution in [0.2, 0.25) is 0 Å². The Labute approximate surface area is 293 Å². The second-order valence-corrected chi connectivity index (χ2v) is 15.5. The van der Waals surface area contributed by atoms with Crippen molar-refractivity contribution in [2.75, 3.05) is 19.0 Å². The summed E-state index contributed by atoms with van der Waals surface area (Å²) in [4.78, 5) is 2.45. The van der Waals surface area contributed by atoms with Crippen LogP contribution in [0.25, 0.3) is 21.5 Å². The lowest BCUT2D eigenvalue weighted by atomic mass is 9.74. The number of likely N-dealkylation sites (N-methyl/N-ethyl adjacent to an activating group) is 1. The van der Waals surface area contributed by atoms with Crippen LogP contribution in [-0.2, 0) is 17.3 Å². The lowest BCUT2D eigenvalue weighted by molar-refractivity contribution is -0.401. The summed E-state index contributed by atoms with van der Waals surface area (Å²) >= 11 is 0. The van der Waals surface area contributed by atoms with E-state index in [1.54, 1.807) is 0 Å². The van der Waals surface area contributed by atoms with Crippen LogP contribution in [0.15, 0.2) is 133 Å². The summed E-state index contributed by atoms with van der Waals surface area (Å²) in [6.07, 6.45) is 12.8. The zero-order chi connectivity index (χ0) is 34.5. The molecule has 1 unspecified atom stereocenters. The summed E-state index contributed by atoms with van der Waals surface area (Å²) in [6.45, 7) is 14.1. The maximum atomic E-state index is 2.46. The molecule has 5 aromatic carbocycles. The van der Waals surface area contributed by atoms with E-state index in [4.69, 9.17) is 0 Å². The van der Waals surface area contributed by atoms with E-state index in [0.717, 1.165) is 19.3 Å². The van der Waals surface area contributed by atoms with Gasteiger partial charge in [0.05, 0.1) is 5.41 Å². The predicted molar refractivity (Wildman–Crippen MR) is 212 cm³/mol. The van der Waals surface area contributed by atoms with E-state index in [0.29, 0.717) is 5.92 Å². The minimum Gasteiger partial charge on any atom is -0.347 e. The minimum absolute atomic E-state index is 0.108. The Balaban J connectivity index is 1.33. The normalized spacial score (nSPS) is 19.7. The number of benzene rings is 5. The van der Waals surface area contributed by atoms with E-state index in [1.165, 1.54) is 72.2 Å². The molecule has 0 radical (unpaired) electrons. The van der Waals surface area contributed by atoms with Gasteiger partial charge < -0.3 is 4.90 Å². The van der Waals surface area contributed by atoms with E-state index in [-0.39, 0.29) is 10.8 Å². The van der Waals surface area contributed by atoms with Gasteiger partial charge in [-0.3, -0.25) is 0 Å². The van der Waals surface area contributed by atoms with Crippen molar-refractivity contribution in [3.63, 3.8) is 0 Å². The molecule has 2 heteroatoms. The molecule has 248 valence electrons. The maximum Gasteiger partial charge on any atom is 0.210 e. The van der Waals surface area contributed by atoms with E-state index < -0.39 is 0 Å². The second-order valence-electron chi connectivity index (χ2n) is 15.5. The highest BCUT2D eigenvalue weighted by molar-refractivity contribution is 6.07. The third kappa shape index (κ3) is 5.66. The van der Waals surface area contributed by atoms with Crippen LogP contribution in [-0.4, -0.2) is 24.4 Å². The van der Waals surface area contributed by atoms with Gasteiger partial charge in [0.15, 0.2) is 5.71 Å². The Hall–Kier alpha value is -4.69. The highest BCUT2D eigenvalue weighted by Gasteiger charge is 2.45. The topological polar surface area (TPSA) is 6.25 Å². The molecule has 2 aliphatic rings. The van der Waals surface area contributed by atoms with Crippen molar-refractivity contribution in [1.29, 1.82) is 0 Å². The fraction of sp³-hybridized carbons (Fsp3) is 0.298. The van der Waals surface area contributed by atoms with Crippen LogP contribution in [0.4, 0.5) is 11.4 Å². The molecule has 0 saturated carbocycles. The number of allylic oxidation sites excluding steroid dienone is 6. The summed E-state index contributed by atoms with van der Waals surface area (Å²) in [5.74, 6) is 0.634. The highest BCUT2D eigenvalue weighted by atomic mass is 15.2. The van der Waals surface area contributed by atoms with Crippen molar-refractivity contribution < 1.29 is 4.58 Å². The van der Waals surface area contributed by atoms with Gasteiger partial charge in [-0.25, -0.2) is 0 Å². The van der Waals surface area contributed by atoms with Crippen LogP contribution in [0.5, 0.6) is 0 Å².